The molecule has 0 aromatic heterocycles. The third-order valence-corrected chi connectivity index (χ3v) is 3.77. The first-order valence-corrected chi connectivity index (χ1v) is 7.45. The van der Waals surface area contributed by atoms with E-state index in [1.807, 2.05) is 30.3 Å². The number of para-hydroxylation sites is 1. The lowest BCUT2D eigenvalue weighted by Gasteiger charge is -2.05. The molecule has 2 rings (SSSR count). The molecule has 0 aliphatic rings. The largest absolute Gasteiger partial charge is 0.478 e. The monoisotopic (exact) mass is 301 g/mol. The highest BCUT2D eigenvalue weighted by atomic mass is 32.2. The summed E-state index contributed by atoms with van der Waals surface area (Å²) < 4.78 is 0. The van der Waals surface area contributed by atoms with Crippen molar-refractivity contribution in [2.45, 2.75) is 11.3 Å². The summed E-state index contributed by atoms with van der Waals surface area (Å²) in [5, 5.41) is 11.6. The van der Waals surface area contributed by atoms with Crippen molar-refractivity contribution < 1.29 is 14.7 Å². The zero-order valence-corrected chi connectivity index (χ0v) is 12.1. The van der Waals surface area contributed by atoms with Crippen LogP contribution in [0.15, 0.2) is 59.5 Å². The van der Waals surface area contributed by atoms with Gasteiger partial charge in [0.15, 0.2) is 0 Å². The van der Waals surface area contributed by atoms with Crippen LogP contribution in [-0.4, -0.2) is 22.7 Å². The van der Waals surface area contributed by atoms with Crippen LogP contribution in [0, 0.1) is 0 Å². The van der Waals surface area contributed by atoms with Crippen LogP contribution in [0.25, 0.3) is 0 Å². The topological polar surface area (TPSA) is 66.4 Å². The minimum absolute atomic E-state index is 0.0316. The molecule has 0 unspecified atom stereocenters. The van der Waals surface area contributed by atoms with Crippen LogP contribution >= 0.6 is 11.8 Å². The second kappa shape index (κ2) is 7.50. The average Bonchev–Trinajstić information content (AvgIpc) is 2.49. The van der Waals surface area contributed by atoms with Crippen molar-refractivity contribution in [3.63, 3.8) is 0 Å². The second-order valence-corrected chi connectivity index (χ2v) is 5.51. The van der Waals surface area contributed by atoms with E-state index in [0.29, 0.717) is 12.2 Å². The van der Waals surface area contributed by atoms with E-state index in [-0.39, 0.29) is 11.5 Å². The Bertz CT molecular complexity index is 611. The zero-order valence-electron chi connectivity index (χ0n) is 11.3. The SMILES string of the molecule is O=C(CCSc1ccc(C(=O)O)cc1)Nc1ccccc1. The molecule has 2 aromatic carbocycles. The third kappa shape index (κ3) is 4.96. The highest BCUT2D eigenvalue weighted by Gasteiger charge is 2.04. The van der Waals surface area contributed by atoms with Gasteiger partial charge in [0.2, 0.25) is 5.91 Å². The van der Waals surface area contributed by atoms with Crippen LogP contribution in [0.5, 0.6) is 0 Å². The fourth-order valence-electron chi connectivity index (χ4n) is 1.70. The summed E-state index contributed by atoms with van der Waals surface area (Å²) >= 11 is 1.53. The summed E-state index contributed by atoms with van der Waals surface area (Å²) in [5.74, 6) is -0.324. The summed E-state index contributed by atoms with van der Waals surface area (Å²) in [6, 6.07) is 16.0. The average molecular weight is 301 g/mol. The van der Waals surface area contributed by atoms with Crippen molar-refractivity contribution in [2.75, 3.05) is 11.1 Å². The van der Waals surface area contributed by atoms with Gasteiger partial charge in [-0.05, 0) is 36.4 Å². The number of hydrogen-bond acceptors (Lipinski definition) is 3. The highest BCUT2D eigenvalue weighted by molar-refractivity contribution is 7.99. The van der Waals surface area contributed by atoms with Crippen molar-refractivity contribution in [1.29, 1.82) is 0 Å². The van der Waals surface area contributed by atoms with E-state index in [1.54, 1.807) is 24.3 Å². The van der Waals surface area contributed by atoms with Gasteiger partial charge in [-0.15, -0.1) is 11.8 Å². The molecule has 0 saturated carbocycles. The summed E-state index contributed by atoms with van der Waals surface area (Å²) in [4.78, 5) is 23.4. The maximum atomic E-state index is 11.7. The van der Waals surface area contributed by atoms with E-state index in [1.165, 1.54) is 11.8 Å². The molecular formula is C16H15NO3S. The Morgan fingerprint density at radius 1 is 1.00 bits per heavy atom. The quantitative estimate of drug-likeness (QED) is 0.801. The van der Waals surface area contributed by atoms with Crippen LogP contribution in [0.2, 0.25) is 0 Å². The number of rotatable bonds is 6. The van der Waals surface area contributed by atoms with Gasteiger partial charge < -0.3 is 10.4 Å². The molecule has 4 nitrogen and oxygen atoms in total. The first-order chi connectivity index (χ1) is 10.1. The lowest BCUT2D eigenvalue weighted by atomic mass is 10.2. The Kier molecular flexibility index (Phi) is 5.40. The number of amides is 1. The Morgan fingerprint density at radius 2 is 1.67 bits per heavy atom. The number of carboxylic acids is 1. The fraction of sp³-hybridized carbons (Fsp3) is 0.125. The van der Waals surface area contributed by atoms with Crippen LogP contribution in [-0.2, 0) is 4.79 Å². The Morgan fingerprint density at radius 3 is 2.29 bits per heavy atom. The molecule has 0 spiro atoms. The number of carbonyl (C=O) groups excluding carboxylic acids is 1. The van der Waals surface area contributed by atoms with E-state index >= 15 is 0 Å². The number of carbonyl (C=O) groups is 2. The fourth-order valence-corrected chi connectivity index (χ4v) is 2.55. The number of hydrogen-bond donors (Lipinski definition) is 2. The normalized spacial score (nSPS) is 10.1. The third-order valence-electron chi connectivity index (χ3n) is 2.76. The van der Waals surface area contributed by atoms with Gasteiger partial charge in [-0.25, -0.2) is 4.79 Å². The number of carboxylic acid groups (broad SMARTS) is 1. The van der Waals surface area contributed by atoms with Gasteiger partial charge in [0.1, 0.15) is 0 Å². The molecule has 0 aliphatic heterocycles. The Balaban J connectivity index is 1.76. The minimum atomic E-state index is -0.936. The van der Waals surface area contributed by atoms with Crippen molar-refractivity contribution >= 4 is 29.3 Å². The van der Waals surface area contributed by atoms with E-state index in [2.05, 4.69) is 5.32 Å². The first-order valence-electron chi connectivity index (χ1n) is 6.46. The van der Waals surface area contributed by atoms with Gasteiger partial charge in [-0.3, -0.25) is 4.79 Å². The molecule has 0 heterocycles. The maximum Gasteiger partial charge on any atom is 0.335 e. The minimum Gasteiger partial charge on any atom is -0.478 e. The number of thioether (sulfide) groups is 1. The standard InChI is InChI=1S/C16H15NO3S/c18-15(17-13-4-2-1-3-5-13)10-11-21-14-8-6-12(7-9-14)16(19)20/h1-9H,10-11H2,(H,17,18)(H,19,20). The summed E-state index contributed by atoms with van der Waals surface area (Å²) in [5.41, 5.74) is 1.06. The summed E-state index contributed by atoms with van der Waals surface area (Å²) in [6.45, 7) is 0. The molecule has 5 heteroatoms. The van der Waals surface area contributed by atoms with Crippen molar-refractivity contribution in [3.05, 3.63) is 60.2 Å². The summed E-state index contributed by atoms with van der Waals surface area (Å²) in [6.07, 6.45) is 0.403. The van der Waals surface area contributed by atoms with E-state index in [4.69, 9.17) is 5.11 Å². The van der Waals surface area contributed by atoms with E-state index in [9.17, 15) is 9.59 Å². The maximum absolute atomic E-state index is 11.7. The van der Waals surface area contributed by atoms with Gasteiger partial charge >= 0.3 is 5.97 Å². The Hall–Kier alpha value is -2.27. The molecule has 0 saturated heterocycles. The zero-order chi connectivity index (χ0) is 15.1. The van der Waals surface area contributed by atoms with Crippen LogP contribution in [0.4, 0.5) is 5.69 Å². The molecule has 0 bridgehead atoms. The molecular weight excluding hydrogens is 286 g/mol. The molecule has 1 amide bonds. The van der Waals surface area contributed by atoms with Crippen LogP contribution in [0.3, 0.4) is 0 Å². The van der Waals surface area contributed by atoms with Gasteiger partial charge in [-0.1, -0.05) is 18.2 Å². The highest BCUT2D eigenvalue weighted by Crippen LogP contribution is 2.19. The lowest BCUT2D eigenvalue weighted by Crippen LogP contribution is -2.11. The van der Waals surface area contributed by atoms with Gasteiger partial charge in [-0.2, -0.15) is 0 Å². The molecule has 21 heavy (non-hydrogen) atoms. The van der Waals surface area contributed by atoms with E-state index in [0.717, 1.165) is 10.6 Å². The van der Waals surface area contributed by atoms with Crippen molar-refractivity contribution in [3.8, 4) is 0 Å². The molecule has 0 fully saturated rings. The predicted octanol–water partition coefficient (Wildman–Crippen LogP) is 3.51. The molecule has 0 atom stereocenters. The van der Waals surface area contributed by atoms with Crippen molar-refractivity contribution in [2.24, 2.45) is 0 Å². The lowest BCUT2D eigenvalue weighted by molar-refractivity contribution is -0.115. The predicted molar refractivity (Wildman–Crippen MR) is 83.8 cm³/mol. The molecule has 0 radical (unpaired) electrons. The van der Waals surface area contributed by atoms with Gasteiger partial charge in [0.05, 0.1) is 5.56 Å². The number of aromatic carboxylic acids is 1. The number of anilines is 1. The van der Waals surface area contributed by atoms with Crippen LogP contribution in [0.1, 0.15) is 16.8 Å². The molecule has 2 aromatic rings. The smallest absolute Gasteiger partial charge is 0.335 e. The van der Waals surface area contributed by atoms with E-state index < -0.39 is 5.97 Å². The van der Waals surface area contributed by atoms with Gasteiger partial charge in [0.25, 0.3) is 0 Å². The van der Waals surface area contributed by atoms with Crippen molar-refractivity contribution in [1.82, 2.24) is 0 Å². The second-order valence-electron chi connectivity index (χ2n) is 4.34. The van der Waals surface area contributed by atoms with Gasteiger partial charge in [0, 0.05) is 22.8 Å². The number of nitrogens with one attached hydrogen (secondary N) is 1. The first kappa shape index (κ1) is 15.1. The molecule has 0 aliphatic carbocycles. The molecule has 2 N–H and O–H groups in total. The Labute approximate surface area is 127 Å². The number of benzene rings is 2. The van der Waals surface area contributed by atoms with Crippen LogP contribution < -0.4 is 5.32 Å². The summed E-state index contributed by atoms with van der Waals surface area (Å²) in [7, 11) is 0. The molecule has 108 valence electrons.